The van der Waals surface area contributed by atoms with Gasteiger partial charge in [0.2, 0.25) is 5.91 Å². The van der Waals surface area contributed by atoms with Crippen LogP contribution in [-0.4, -0.2) is 35.3 Å². The minimum Gasteiger partial charge on any atom is -0.355 e. The second-order valence-electron chi connectivity index (χ2n) is 4.51. The molecule has 0 spiro atoms. The topological polar surface area (TPSA) is 59.0 Å². The summed E-state index contributed by atoms with van der Waals surface area (Å²) in [7, 11) is 1.95. The summed E-state index contributed by atoms with van der Waals surface area (Å²) in [5.41, 5.74) is 1.22. The van der Waals surface area contributed by atoms with Crippen LogP contribution in [0.1, 0.15) is 18.5 Å². The molecule has 0 saturated heterocycles. The van der Waals surface area contributed by atoms with Crippen LogP contribution in [0.25, 0.3) is 0 Å². The van der Waals surface area contributed by atoms with Crippen LogP contribution < -0.4 is 10.6 Å². The number of aromatic nitrogens is 2. The fourth-order valence-electron chi connectivity index (χ4n) is 1.75. The number of nitrogens with zero attached hydrogens (tertiary/aromatic N) is 2. The number of carbonyl (C=O) groups is 1. The molecule has 1 aromatic heterocycles. The molecule has 1 heterocycles. The molecular formula is C12H20N4O. The number of rotatable bonds is 7. The Hall–Kier alpha value is -1.36. The van der Waals surface area contributed by atoms with Gasteiger partial charge in [0.1, 0.15) is 0 Å². The summed E-state index contributed by atoms with van der Waals surface area (Å²) in [5, 5.41) is 10.4. The average molecular weight is 236 g/mol. The number of hydrogen-bond donors (Lipinski definition) is 2. The zero-order chi connectivity index (χ0) is 12.1. The molecule has 1 fully saturated rings. The summed E-state index contributed by atoms with van der Waals surface area (Å²) in [6, 6.07) is 2.02. The summed E-state index contributed by atoms with van der Waals surface area (Å²) >= 11 is 0. The molecule has 2 rings (SSSR count). The zero-order valence-corrected chi connectivity index (χ0v) is 10.3. The van der Waals surface area contributed by atoms with Gasteiger partial charge in [-0.3, -0.25) is 9.48 Å². The molecule has 0 unspecified atom stereocenters. The van der Waals surface area contributed by atoms with E-state index in [0.717, 1.165) is 38.9 Å². The smallest absolute Gasteiger partial charge is 0.223 e. The Labute approximate surface area is 102 Å². The quantitative estimate of drug-likeness (QED) is 0.659. The lowest BCUT2D eigenvalue weighted by atomic mass is 10.3. The largest absolute Gasteiger partial charge is 0.355 e. The van der Waals surface area contributed by atoms with Crippen LogP contribution in [-0.2, 0) is 18.3 Å². The molecule has 5 heteroatoms. The van der Waals surface area contributed by atoms with Gasteiger partial charge < -0.3 is 10.6 Å². The lowest BCUT2D eigenvalue weighted by Crippen LogP contribution is -2.33. The first-order valence-electron chi connectivity index (χ1n) is 6.22. The molecule has 1 aromatic rings. The van der Waals surface area contributed by atoms with Gasteiger partial charge in [-0.1, -0.05) is 0 Å². The molecule has 0 aromatic carbocycles. The third-order valence-electron chi connectivity index (χ3n) is 3.03. The summed E-state index contributed by atoms with van der Waals surface area (Å²) in [6.45, 7) is 2.47. The molecule has 1 saturated carbocycles. The number of amides is 1. The van der Waals surface area contributed by atoms with Crippen LogP contribution in [0.2, 0.25) is 0 Å². The summed E-state index contributed by atoms with van der Waals surface area (Å²) in [4.78, 5) is 11.3. The van der Waals surface area contributed by atoms with Crippen LogP contribution in [0, 0.1) is 5.92 Å². The summed E-state index contributed by atoms with van der Waals surface area (Å²) in [6.07, 6.45) is 4.91. The minimum absolute atomic E-state index is 0.221. The van der Waals surface area contributed by atoms with Gasteiger partial charge in [-0.15, -0.1) is 0 Å². The Morgan fingerprint density at radius 2 is 2.29 bits per heavy atom. The summed E-state index contributed by atoms with van der Waals surface area (Å²) in [5.74, 6) is 0.530. The van der Waals surface area contributed by atoms with Crippen molar-refractivity contribution in [2.24, 2.45) is 13.0 Å². The monoisotopic (exact) mass is 236 g/mol. The highest BCUT2D eigenvalue weighted by Crippen LogP contribution is 2.28. The molecular weight excluding hydrogens is 216 g/mol. The van der Waals surface area contributed by atoms with E-state index in [1.165, 1.54) is 5.69 Å². The van der Waals surface area contributed by atoms with E-state index in [4.69, 9.17) is 0 Å². The van der Waals surface area contributed by atoms with Crippen LogP contribution in [0.4, 0.5) is 0 Å². The lowest BCUT2D eigenvalue weighted by Gasteiger charge is -2.06. The zero-order valence-electron chi connectivity index (χ0n) is 10.3. The molecule has 1 aliphatic rings. The third kappa shape index (κ3) is 3.85. The van der Waals surface area contributed by atoms with E-state index in [2.05, 4.69) is 15.7 Å². The Morgan fingerprint density at radius 1 is 1.47 bits per heavy atom. The molecule has 17 heavy (non-hydrogen) atoms. The second-order valence-corrected chi connectivity index (χ2v) is 4.51. The molecule has 0 radical (unpaired) electrons. The number of nitrogens with one attached hydrogen (secondary N) is 2. The number of carbonyl (C=O) groups excluding carboxylic acids is 1. The predicted octanol–water partition coefficient (Wildman–Crippen LogP) is 0.0784. The molecule has 0 bridgehead atoms. The lowest BCUT2D eigenvalue weighted by molar-refractivity contribution is -0.122. The molecule has 1 amide bonds. The molecule has 94 valence electrons. The maximum atomic E-state index is 11.3. The molecule has 2 N–H and O–H groups in total. The van der Waals surface area contributed by atoms with E-state index < -0.39 is 0 Å². The predicted molar refractivity (Wildman–Crippen MR) is 65.5 cm³/mol. The van der Waals surface area contributed by atoms with Crippen molar-refractivity contribution in [2.45, 2.75) is 19.3 Å². The van der Waals surface area contributed by atoms with Crippen molar-refractivity contribution in [1.29, 1.82) is 0 Å². The molecule has 1 aliphatic carbocycles. The average Bonchev–Trinajstić information content (AvgIpc) is 3.09. The van der Waals surface area contributed by atoms with E-state index in [1.807, 2.05) is 24.0 Å². The maximum Gasteiger partial charge on any atom is 0.223 e. The van der Waals surface area contributed by atoms with E-state index in [-0.39, 0.29) is 5.91 Å². The van der Waals surface area contributed by atoms with Crippen LogP contribution in [0.3, 0.4) is 0 Å². The Bertz CT molecular complexity index is 370. The van der Waals surface area contributed by atoms with Crippen LogP contribution in [0.5, 0.6) is 0 Å². The third-order valence-corrected chi connectivity index (χ3v) is 3.03. The van der Waals surface area contributed by atoms with Gasteiger partial charge in [0.15, 0.2) is 0 Å². The normalized spacial score (nSPS) is 14.9. The fourth-order valence-corrected chi connectivity index (χ4v) is 1.75. The van der Waals surface area contributed by atoms with Crippen molar-refractivity contribution in [3.63, 3.8) is 0 Å². The first-order valence-corrected chi connectivity index (χ1v) is 6.22. The first kappa shape index (κ1) is 12.1. The highest BCUT2D eigenvalue weighted by Gasteiger charge is 2.28. The minimum atomic E-state index is 0.221. The standard InChI is InChI=1S/C12H20N4O/c1-16-11(5-7-15-16)4-6-13-8-9-14-12(17)10-2-3-10/h5,7,10,13H,2-4,6,8-9H2,1H3,(H,14,17). The van der Waals surface area contributed by atoms with Gasteiger partial charge in [0.25, 0.3) is 0 Å². The maximum absolute atomic E-state index is 11.3. The molecule has 0 atom stereocenters. The van der Waals surface area contributed by atoms with E-state index >= 15 is 0 Å². The van der Waals surface area contributed by atoms with Crippen LogP contribution >= 0.6 is 0 Å². The molecule has 0 aliphatic heterocycles. The first-order chi connectivity index (χ1) is 8.27. The number of hydrogen-bond acceptors (Lipinski definition) is 3. The van der Waals surface area contributed by atoms with Gasteiger partial charge in [0, 0.05) is 50.9 Å². The fraction of sp³-hybridized carbons (Fsp3) is 0.667. The second kappa shape index (κ2) is 5.82. The van der Waals surface area contributed by atoms with Gasteiger partial charge in [-0.25, -0.2) is 0 Å². The highest BCUT2D eigenvalue weighted by atomic mass is 16.2. The van der Waals surface area contributed by atoms with E-state index in [0.29, 0.717) is 5.92 Å². The van der Waals surface area contributed by atoms with Gasteiger partial charge in [0.05, 0.1) is 0 Å². The highest BCUT2D eigenvalue weighted by molar-refractivity contribution is 5.80. The SMILES string of the molecule is Cn1nccc1CCNCCNC(=O)C1CC1. The summed E-state index contributed by atoms with van der Waals surface area (Å²) < 4.78 is 1.89. The van der Waals surface area contributed by atoms with Crippen molar-refractivity contribution in [3.8, 4) is 0 Å². The van der Waals surface area contributed by atoms with Crippen molar-refractivity contribution < 1.29 is 4.79 Å². The molecule has 5 nitrogen and oxygen atoms in total. The van der Waals surface area contributed by atoms with Gasteiger partial charge in [-0.05, 0) is 18.9 Å². The Morgan fingerprint density at radius 3 is 2.94 bits per heavy atom. The van der Waals surface area contributed by atoms with Gasteiger partial charge >= 0.3 is 0 Å². The Kier molecular flexibility index (Phi) is 4.14. The van der Waals surface area contributed by atoms with Crippen molar-refractivity contribution in [3.05, 3.63) is 18.0 Å². The van der Waals surface area contributed by atoms with Crippen LogP contribution in [0.15, 0.2) is 12.3 Å². The van der Waals surface area contributed by atoms with Gasteiger partial charge in [-0.2, -0.15) is 5.10 Å². The van der Waals surface area contributed by atoms with E-state index in [1.54, 1.807) is 0 Å². The van der Waals surface area contributed by atoms with Crippen molar-refractivity contribution in [2.75, 3.05) is 19.6 Å². The van der Waals surface area contributed by atoms with Crippen molar-refractivity contribution in [1.82, 2.24) is 20.4 Å². The number of aryl methyl sites for hydroxylation is 1. The van der Waals surface area contributed by atoms with E-state index in [9.17, 15) is 4.79 Å². The Balaban J connectivity index is 1.49. The van der Waals surface area contributed by atoms with Crippen molar-refractivity contribution >= 4 is 5.91 Å².